The Kier molecular flexibility index (Phi) is 4.53. The molecule has 5 nitrogen and oxygen atoms in total. The van der Waals surface area contributed by atoms with E-state index in [9.17, 15) is 10.1 Å². The van der Waals surface area contributed by atoms with Gasteiger partial charge in [-0.2, -0.15) is 5.26 Å². The van der Waals surface area contributed by atoms with E-state index in [1.165, 1.54) is 18.5 Å². The summed E-state index contributed by atoms with van der Waals surface area (Å²) in [6.45, 7) is 5.36. The molecule has 2 fully saturated rings. The quantitative estimate of drug-likeness (QED) is 0.671. The molecule has 1 saturated carbocycles. The third-order valence-corrected chi connectivity index (χ3v) is 4.61. The predicted molar refractivity (Wildman–Crippen MR) is 87.8 cm³/mol. The van der Waals surface area contributed by atoms with Gasteiger partial charge in [0.2, 0.25) is 0 Å². The molecule has 0 spiro atoms. The minimum atomic E-state index is -0.320. The number of nitrogens with zero attached hydrogens (tertiary/aromatic N) is 2. The summed E-state index contributed by atoms with van der Waals surface area (Å²) in [6, 6.07) is 4.67. The summed E-state index contributed by atoms with van der Waals surface area (Å²) in [4.78, 5) is 12.2. The zero-order valence-corrected chi connectivity index (χ0v) is 13.8. The number of rotatable bonds is 5. The predicted octanol–water partition coefficient (Wildman–Crippen LogP) is 2.64. The minimum Gasteiger partial charge on any atom is -0.376 e. The molecule has 1 amide bonds. The lowest BCUT2D eigenvalue weighted by atomic mass is 10.1. The Hall–Kier alpha value is -2.06. The Labute approximate surface area is 136 Å². The number of carbonyl (C=O) groups is 1. The van der Waals surface area contributed by atoms with Gasteiger partial charge in [0.15, 0.2) is 0 Å². The van der Waals surface area contributed by atoms with Crippen molar-refractivity contribution in [3.05, 3.63) is 28.6 Å². The van der Waals surface area contributed by atoms with E-state index in [0.717, 1.165) is 30.7 Å². The smallest absolute Gasteiger partial charge is 0.262 e. The van der Waals surface area contributed by atoms with Crippen LogP contribution in [0.1, 0.15) is 48.7 Å². The highest BCUT2D eigenvalue weighted by molar-refractivity contribution is 6.01. The van der Waals surface area contributed by atoms with Crippen molar-refractivity contribution < 1.29 is 9.53 Å². The van der Waals surface area contributed by atoms with Crippen molar-refractivity contribution in [1.82, 2.24) is 9.88 Å². The molecule has 2 heterocycles. The number of ether oxygens (including phenoxy) is 1. The van der Waals surface area contributed by atoms with E-state index >= 15 is 0 Å². The molecule has 1 atom stereocenters. The molecule has 0 unspecified atom stereocenters. The normalized spacial score (nSPS) is 21.3. The monoisotopic (exact) mass is 313 g/mol. The highest BCUT2D eigenvalue weighted by Gasteiger charge is 2.27. The number of nitrogens with one attached hydrogen (secondary N) is 1. The van der Waals surface area contributed by atoms with Crippen molar-refractivity contribution in [3.63, 3.8) is 0 Å². The minimum absolute atomic E-state index is 0.0822. The summed E-state index contributed by atoms with van der Waals surface area (Å²) in [7, 11) is 0. The van der Waals surface area contributed by atoms with Crippen LogP contribution < -0.4 is 5.32 Å². The van der Waals surface area contributed by atoms with E-state index in [4.69, 9.17) is 4.74 Å². The van der Waals surface area contributed by atoms with Crippen LogP contribution in [-0.2, 0) is 9.53 Å². The Morgan fingerprint density at radius 3 is 2.87 bits per heavy atom. The summed E-state index contributed by atoms with van der Waals surface area (Å²) in [5.41, 5.74) is 3.43. The maximum absolute atomic E-state index is 12.2. The van der Waals surface area contributed by atoms with Crippen LogP contribution in [0.5, 0.6) is 0 Å². The van der Waals surface area contributed by atoms with Crippen LogP contribution in [0, 0.1) is 25.2 Å². The van der Waals surface area contributed by atoms with Gasteiger partial charge in [0, 0.05) is 30.6 Å². The molecule has 1 N–H and O–H groups in total. The molecule has 23 heavy (non-hydrogen) atoms. The van der Waals surface area contributed by atoms with Crippen molar-refractivity contribution in [2.45, 2.75) is 51.7 Å². The van der Waals surface area contributed by atoms with Crippen molar-refractivity contribution >= 4 is 12.0 Å². The summed E-state index contributed by atoms with van der Waals surface area (Å²) >= 11 is 0. The zero-order valence-electron chi connectivity index (χ0n) is 13.8. The first kappa shape index (κ1) is 15.8. The second-order valence-corrected chi connectivity index (χ2v) is 6.44. The summed E-state index contributed by atoms with van der Waals surface area (Å²) in [5.74, 6) is -0.320. The van der Waals surface area contributed by atoms with Crippen LogP contribution >= 0.6 is 0 Å². The lowest BCUT2D eigenvalue weighted by Gasteiger charge is -2.10. The van der Waals surface area contributed by atoms with Gasteiger partial charge in [-0.05, 0) is 57.2 Å². The number of hydrogen-bond donors (Lipinski definition) is 1. The Morgan fingerprint density at radius 1 is 1.48 bits per heavy atom. The lowest BCUT2D eigenvalue weighted by molar-refractivity contribution is -0.117. The SMILES string of the molecule is Cc1cc(/C=C(\C#N)C(=O)NC[C@@H]2CCCO2)c(C)n1C1CC1. The molecule has 0 aromatic carbocycles. The van der Waals surface area contributed by atoms with Gasteiger partial charge in [0.1, 0.15) is 11.6 Å². The van der Waals surface area contributed by atoms with Crippen LogP contribution in [0.2, 0.25) is 0 Å². The molecular formula is C18H23N3O2. The molecule has 2 aliphatic rings. The van der Waals surface area contributed by atoms with E-state index in [1.807, 2.05) is 6.07 Å². The van der Waals surface area contributed by atoms with Crippen molar-refractivity contribution in [2.75, 3.05) is 13.2 Å². The van der Waals surface area contributed by atoms with Crippen molar-refractivity contribution in [2.24, 2.45) is 0 Å². The van der Waals surface area contributed by atoms with E-state index in [-0.39, 0.29) is 17.6 Å². The number of amides is 1. The molecule has 122 valence electrons. The second kappa shape index (κ2) is 6.59. The number of aryl methyl sites for hydroxylation is 1. The Balaban J connectivity index is 1.72. The van der Waals surface area contributed by atoms with Gasteiger partial charge in [-0.15, -0.1) is 0 Å². The highest BCUT2D eigenvalue weighted by atomic mass is 16.5. The first-order chi connectivity index (χ1) is 11.1. The Morgan fingerprint density at radius 2 is 2.26 bits per heavy atom. The van der Waals surface area contributed by atoms with Crippen molar-refractivity contribution in [1.29, 1.82) is 5.26 Å². The average Bonchev–Trinajstić information content (AvgIpc) is 3.14. The fourth-order valence-corrected chi connectivity index (χ4v) is 3.25. The van der Waals surface area contributed by atoms with Crippen LogP contribution in [0.15, 0.2) is 11.6 Å². The van der Waals surface area contributed by atoms with Gasteiger partial charge in [-0.3, -0.25) is 4.79 Å². The Bertz CT molecular complexity index is 671. The van der Waals surface area contributed by atoms with Crippen LogP contribution in [0.25, 0.3) is 6.08 Å². The van der Waals surface area contributed by atoms with Crippen LogP contribution in [0.4, 0.5) is 0 Å². The molecule has 1 saturated heterocycles. The van der Waals surface area contributed by atoms with Crippen molar-refractivity contribution in [3.8, 4) is 6.07 Å². The third kappa shape index (κ3) is 3.48. The number of nitriles is 1. The highest BCUT2D eigenvalue weighted by Crippen LogP contribution is 2.38. The van der Waals surface area contributed by atoms with Gasteiger partial charge < -0.3 is 14.6 Å². The maximum atomic E-state index is 12.2. The molecule has 5 heteroatoms. The second-order valence-electron chi connectivity index (χ2n) is 6.44. The molecule has 3 rings (SSSR count). The van der Waals surface area contributed by atoms with E-state index < -0.39 is 0 Å². The summed E-state index contributed by atoms with van der Waals surface area (Å²) < 4.78 is 7.80. The summed E-state index contributed by atoms with van der Waals surface area (Å²) in [5, 5.41) is 12.1. The van der Waals surface area contributed by atoms with Crippen LogP contribution in [0.3, 0.4) is 0 Å². The molecule has 1 aromatic heterocycles. The van der Waals surface area contributed by atoms with E-state index in [0.29, 0.717) is 12.6 Å². The molecule has 1 aliphatic carbocycles. The molecule has 0 radical (unpaired) electrons. The molecule has 0 bridgehead atoms. The average molecular weight is 313 g/mol. The molecular weight excluding hydrogens is 290 g/mol. The molecule has 1 aliphatic heterocycles. The van der Waals surface area contributed by atoms with E-state index in [1.54, 1.807) is 6.08 Å². The fourth-order valence-electron chi connectivity index (χ4n) is 3.25. The number of hydrogen-bond acceptors (Lipinski definition) is 3. The largest absolute Gasteiger partial charge is 0.376 e. The third-order valence-electron chi connectivity index (χ3n) is 4.61. The van der Waals surface area contributed by atoms with Crippen LogP contribution in [-0.4, -0.2) is 29.7 Å². The summed E-state index contributed by atoms with van der Waals surface area (Å²) in [6.07, 6.45) is 6.22. The number of aromatic nitrogens is 1. The number of carbonyl (C=O) groups excluding carboxylic acids is 1. The first-order valence-electron chi connectivity index (χ1n) is 8.30. The topological polar surface area (TPSA) is 67.1 Å². The lowest BCUT2D eigenvalue weighted by Crippen LogP contribution is -2.32. The van der Waals surface area contributed by atoms with Gasteiger partial charge in [-0.25, -0.2) is 0 Å². The maximum Gasteiger partial charge on any atom is 0.262 e. The fraction of sp³-hybridized carbons (Fsp3) is 0.556. The van der Waals surface area contributed by atoms with Gasteiger partial charge in [0.05, 0.1) is 6.10 Å². The van der Waals surface area contributed by atoms with Gasteiger partial charge >= 0.3 is 0 Å². The van der Waals surface area contributed by atoms with Gasteiger partial charge in [0.25, 0.3) is 5.91 Å². The van der Waals surface area contributed by atoms with E-state index in [2.05, 4.69) is 29.8 Å². The van der Waals surface area contributed by atoms with Gasteiger partial charge in [-0.1, -0.05) is 0 Å². The molecule has 1 aromatic rings. The zero-order chi connectivity index (χ0) is 16.4. The standard InChI is InChI=1S/C18H23N3O2/c1-12-8-14(13(2)21(12)16-5-6-16)9-15(10-19)18(22)20-11-17-4-3-7-23-17/h8-9,16-17H,3-7,11H2,1-2H3,(H,20,22)/b15-9+/t17-/m0/s1. The first-order valence-corrected chi connectivity index (χ1v) is 8.30.